The number of anilines is 2. The van der Waals surface area contributed by atoms with Crippen molar-refractivity contribution in [2.45, 2.75) is 46.1 Å². The first kappa shape index (κ1) is 24.5. The van der Waals surface area contributed by atoms with Crippen molar-refractivity contribution in [3.8, 4) is 11.4 Å². The first-order chi connectivity index (χ1) is 15.4. The van der Waals surface area contributed by atoms with Crippen LogP contribution in [-0.2, 0) is 16.9 Å². The van der Waals surface area contributed by atoms with Gasteiger partial charge in [-0.25, -0.2) is 15.0 Å². The minimum absolute atomic E-state index is 0.108. The molecule has 2 heterocycles. The molecule has 0 atom stereocenters. The standard InChI is InChI=1S/C22H26F3N5O3/c1-13-9-30(12-26-13)17-7-6-15(8-18(17)32-5)27-20-28-16(10-33-11-22(23,24)25)14(2)19(29-20)21(3,4)31/h6-9,12,31H,10-11H2,1-5H3,(H,27,28,29). The molecule has 11 heteroatoms. The van der Waals surface area contributed by atoms with Crippen molar-refractivity contribution in [3.63, 3.8) is 0 Å². The normalized spacial score (nSPS) is 12.2. The van der Waals surface area contributed by atoms with Crippen LogP contribution in [-0.4, -0.2) is 44.5 Å². The van der Waals surface area contributed by atoms with Crippen LogP contribution in [0.5, 0.6) is 5.75 Å². The van der Waals surface area contributed by atoms with E-state index in [1.165, 1.54) is 21.0 Å². The summed E-state index contributed by atoms with van der Waals surface area (Å²) >= 11 is 0. The predicted octanol–water partition coefficient (Wildman–Crippen LogP) is 4.34. The number of nitrogens with one attached hydrogen (secondary N) is 1. The summed E-state index contributed by atoms with van der Waals surface area (Å²) in [7, 11) is 1.54. The zero-order valence-electron chi connectivity index (χ0n) is 19.0. The minimum atomic E-state index is -4.45. The van der Waals surface area contributed by atoms with Gasteiger partial charge in [-0.3, -0.25) is 0 Å². The van der Waals surface area contributed by atoms with Crippen LogP contribution in [0.3, 0.4) is 0 Å². The molecule has 0 amide bonds. The number of rotatable bonds is 8. The molecule has 0 spiro atoms. The third kappa shape index (κ3) is 6.20. The van der Waals surface area contributed by atoms with Gasteiger partial charge in [-0.15, -0.1) is 0 Å². The van der Waals surface area contributed by atoms with Crippen LogP contribution < -0.4 is 10.1 Å². The van der Waals surface area contributed by atoms with Gasteiger partial charge in [-0.1, -0.05) is 0 Å². The van der Waals surface area contributed by atoms with Gasteiger partial charge in [0.25, 0.3) is 0 Å². The molecule has 2 N–H and O–H groups in total. The molecule has 3 aromatic rings. The van der Waals surface area contributed by atoms with Crippen LogP contribution in [0.15, 0.2) is 30.7 Å². The third-order valence-electron chi connectivity index (χ3n) is 4.76. The number of methoxy groups -OCH3 is 1. The van der Waals surface area contributed by atoms with Gasteiger partial charge >= 0.3 is 6.18 Å². The zero-order valence-corrected chi connectivity index (χ0v) is 19.0. The number of hydrogen-bond donors (Lipinski definition) is 2. The summed E-state index contributed by atoms with van der Waals surface area (Å²) in [6, 6.07) is 5.33. The van der Waals surface area contributed by atoms with Crippen LogP contribution >= 0.6 is 0 Å². The average Bonchev–Trinajstić information content (AvgIpc) is 3.14. The lowest BCUT2D eigenvalue weighted by atomic mass is 9.99. The molecule has 0 aliphatic carbocycles. The Morgan fingerprint density at radius 2 is 1.88 bits per heavy atom. The first-order valence-corrected chi connectivity index (χ1v) is 10.1. The average molecular weight is 465 g/mol. The van der Waals surface area contributed by atoms with Crippen molar-refractivity contribution in [1.82, 2.24) is 19.5 Å². The lowest BCUT2D eigenvalue weighted by Gasteiger charge is -2.22. The molecule has 0 fully saturated rings. The minimum Gasteiger partial charge on any atom is -0.494 e. The maximum Gasteiger partial charge on any atom is 0.411 e. The molecule has 0 saturated carbocycles. The van der Waals surface area contributed by atoms with E-state index in [1.807, 2.05) is 23.8 Å². The molecule has 8 nitrogen and oxygen atoms in total. The first-order valence-electron chi connectivity index (χ1n) is 10.1. The summed E-state index contributed by atoms with van der Waals surface area (Å²) in [5, 5.41) is 13.6. The van der Waals surface area contributed by atoms with Gasteiger partial charge in [0.05, 0.1) is 42.8 Å². The van der Waals surface area contributed by atoms with Crippen LogP contribution in [0.25, 0.3) is 5.69 Å². The number of halogens is 3. The Hall–Kier alpha value is -3.18. The summed E-state index contributed by atoms with van der Waals surface area (Å²) in [6.45, 7) is 4.81. The lowest BCUT2D eigenvalue weighted by molar-refractivity contribution is -0.176. The van der Waals surface area contributed by atoms with Crippen LogP contribution in [0.4, 0.5) is 24.8 Å². The highest BCUT2D eigenvalue weighted by Gasteiger charge is 2.28. The molecular weight excluding hydrogens is 439 g/mol. The molecule has 0 unspecified atom stereocenters. The van der Waals surface area contributed by atoms with E-state index in [0.29, 0.717) is 17.0 Å². The Labute approximate surface area is 189 Å². The van der Waals surface area contributed by atoms with E-state index in [-0.39, 0.29) is 23.9 Å². The number of ether oxygens (including phenoxy) is 2. The van der Waals surface area contributed by atoms with Crippen molar-refractivity contribution in [3.05, 3.63) is 53.4 Å². The molecular formula is C22H26F3N5O3. The quantitative estimate of drug-likeness (QED) is 0.511. The SMILES string of the molecule is COc1cc(Nc2nc(COCC(F)(F)F)c(C)c(C(C)(C)O)n2)ccc1-n1cnc(C)c1. The maximum atomic E-state index is 12.5. The van der Waals surface area contributed by atoms with Gasteiger partial charge in [0.1, 0.15) is 18.0 Å². The molecule has 2 aromatic heterocycles. The smallest absolute Gasteiger partial charge is 0.411 e. The lowest BCUT2D eigenvalue weighted by Crippen LogP contribution is -2.23. The van der Waals surface area contributed by atoms with Crippen LogP contribution in [0.2, 0.25) is 0 Å². The second kappa shape index (κ2) is 9.36. The van der Waals surface area contributed by atoms with Gasteiger partial charge in [0.2, 0.25) is 5.95 Å². The van der Waals surface area contributed by atoms with E-state index >= 15 is 0 Å². The molecule has 0 aliphatic rings. The number of aryl methyl sites for hydroxylation is 1. The van der Waals surface area contributed by atoms with Crippen molar-refractivity contribution < 1.29 is 27.8 Å². The summed E-state index contributed by atoms with van der Waals surface area (Å²) in [6.07, 6.45) is -0.920. The van der Waals surface area contributed by atoms with E-state index < -0.39 is 18.4 Å². The largest absolute Gasteiger partial charge is 0.494 e. The Balaban J connectivity index is 1.92. The number of imidazole rings is 1. The highest BCUT2D eigenvalue weighted by molar-refractivity contribution is 5.62. The highest BCUT2D eigenvalue weighted by atomic mass is 19.4. The highest BCUT2D eigenvalue weighted by Crippen LogP contribution is 2.30. The summed E-state index contributed by atoms with van der Waals surface area (Å²) in [4.78, 5) is 12.9. The van der Waals surface area contributed by atoms with Crippen LogP contribution in [0.1, 0.15) is 36.5 Å². The molecule has 0 saturated heterocycles. The Bertz CT molecular complexity index is 1120. The summed E-state index contributed by atoms with van der Waals surface area (Å²) < 4.78 is 49.6. The van der Waals surface area contributed by atoms with Crippen molar-refractivity contribution in [2.24, 2.45) is 0 Å². The fraction of sp³-hybridized carbons (Fsp3) is 0.409. The molecule has 3 rings (SSSR count). The molecule has 1 aromatic carbocycles. The number of aliphatic hydroxyl groups is 1. The molecule has 0 radical (unpaired) electrons. The van der Waals surface area contributed by atoms with Crippen LogP contribution in [0, 0.1) is 13.8 Å². The monoisotopic (exact) mass is 465 g/mol. The van der Waals surface area contributed by atoms with Gasteiger partial charge < -0.3 is 24.5 Å². The zero-order chi connectivity index (χ0) is 24.4. The second-order valence-corrected chi connectivity index (χ2v) is 8.07. The number of benzene rings is 1. The molecule has 33 heavy (non-hydrogen) atoms. The van der Waals surface area contributed by atoms with Gasteiger partial charge in [0.15, 0.2) is 0 Å². The van der Waals surface area contributed by atoms with E-state index in [2.05, 4.69) is 20.3 Å². The fourth-order valence-corrected chi connectivity index (χ4v) is 3.27. The van der Waals surface area contributed by atoms with E-state index in [9.17, 15) is 18.3 Å². The fourth-order valence-electron chi connectivity index (χ4n) is 3.27. The van der Waals surface area contributed by atoms with Gasteiger partial charge in [-0.2, -0.15) is 13.2 Å². The number of aromatic nitrogens is 4. The number of hydrogen-bond acceptors (Lipinski definition) is 7. The van der Waals surface area contributed by atoms with Gasteiger partial charge in [0, 0.05) is 18.0 Å². The van der Waals surface area contributed by atoms with Crippen molar-refractivity contribution in [2.75, 3.05) is 19.0 Å². The second-order valence-electron chi connectivity index (χ2n) is 8.07. The molecule has 0 aliphatic heterocycles. The summed E-state index contributed by atoms with van der Waals surface area (Å²) in [5.41, 5.74) is 1.84. The maximum absolute atomic E-state index is 12.5. The molecule has 178 valence electrons. The number of alkyl halides is 3. The Kier molecular flexibility index (Phi) is 6.94. The molecule has 0 bridgehead atoms. The topological polar surface area (TPSA) is 94.3 Å². The Morgan fingerprint density at radius 3 is 2.45 bits per heavy atom. The number of nitrogens with zero attached hydrogens (tertiary/aromatic N) is 4. The van der Waals surface area contributed by atoms with Gasteiger partial charge in [-0.05, 0) is 45.4 Å². The summed E-state index contributed by atoms with van der Waals surface area (Å²) in [5.74, 6) is 0.664. The van der Waals surface area contributed by atoms with Crippen molar-refractivity contribution in [1.29, 1.82) is 0 Å². The Morgan fingerprint density at radius 1 is 1.15 bits per heavy atom. The van der Waals surface area contributed by atoms with Crippen molar-refractivity contribution >= 4 is 11.6 Å². The van der Waals surface area contributed by atoms with E-state index in [0.717, 1.165) is 11.4 Å². The van der Waals surface area contributed by atoms with E-state index in [4.69, 9.17) is 9.47 Å². The predicted molar refractivity (Wildman–Crippen MR) is 116 cm³/mol. The van der Waals surface area contributed by atoms with E-state index in [1.54, 1.807) is 25.4 Å². The third-order valence-corrected chi connectivity index (χ3v) is 4.76.